The van der Waals surface area contributed by atoms with E-state index >= 15 is 0 Å². The fraction of sp³-hybridized carbons (Fsp3) is 0.556. The van der Waals surface area contributed by atoms with Crippen LogP contribution in [0.4, 0.5) is 0 Å². The summed E-state index contributed by atoms with van der Waals surface area (Å²) in [6.45, 7) is 6.12. The average molecular weight is 484 g/mol. The summed E-state index contributed by atoms with van der Waals surface area (Å²) in [5, 5.41) is 3.07. The van der Waals surface area contributed by atoms with Crippen LogP contribution in [-0.2, 0) is 17.7 Å². The van der Waals surface area contributed by atoms with E-state index in [1.807, 2.05) is 0 Å². The molecule has 4 rings (SSSR count). The van der Waals surface area contributed by atoms with E-state index in [9.17, 15) is 4.79 Å². The van der Waals surface area contributed by atoms with Gasteiger partial charge in [-0.05, 0) is 42.9 Å². The minimum atomic E-state index is -0.205. The van der Waals surface area contributed by atoms with Gasteiger partial charge in [-0.3, -0.25) is 9.69 Å². The number of hydrogen-bond donors (Lipinski definition) is 1. The van der Waals surface area contributed by atoms with Crippen molar-refractivity contribution in [3.63, 3.8) is 0 Å². The van der Waals surface area contributed by atoms with Gasteiger partial charge in [0.25, 0.3) is 11.8 Å². The number of aromatic nitrogens is 1. The Hall–Kier alpha value is -2.84. The molecular formula is C27H37N3O5. The number of rotatable bonds is 10. The van der Waals surface area contributed by atoms with Gasteiger partial charge in [-0.2, -0.15) is 0 Å². The third-order valence-electron chi connectivity index (χ3n) is 6.68. The highest BCUT2D eigenvalue weighted by Gasteiger charge is 2.24. The Labute approximate surface area is 207 Å². The van der Waals surface area contributed by atoms with Crippen molar-refractivity contribution >= 4 is 5.91 Å². The largest absolute Gasteiger partial charge is 0.491 e. The molecule has 1 atom stereocenters. The van der Waals surface area contributed by atoms with E-state index in [4.69, 9.17) is 18.9 Å². The molecular weight excluding hydrogens is 446 g/mol. The van der Waals surface area contributed by atoms with Crippen molar-refractivity contribution < 1.29 is 23.7 Å². The predicted molar refractivity (Wildman–Crippen MR) is 133 cm³/mol. The lowest BCUT2D eigenvalue weighted by Gasteiger charge is -2.31. The number of carbonyl (C=O) groups is 1. The molecule has 2 aliphatic heterocycles. The summed E-state index contributed by atoms with van der Waals surface area (Å²) in [4.78, 5) is 19.6. The van der Waals surface area contributed by atoms with Crippen molar-refractivity contribution in [3.8, 4) is 17.4 Å². The zero-order valence-corrected chi connectivity index (χ0v) is 21.0. The number of fused-ring (bicyclic) bond motifs is 1. The second-order valence-corrected chi connectivity index (χ2v) is 9.27. The van der Waals surface area contributed by atoms with Crippen LogP contribution in [0.3, 0.4) is 0 Å². The standard InChI is InChI=1S/C27H37N3O5/c1-4-5-12-34-27-25(33-3)15-21(16-28-27)26(31)29-22-14-20-7-6-19(13-24(20)35-18-22)17-30-10-8-23(32-2)9-11-30/h6-7,13,15-16,22-23H,4-5,8-12,14,17-18H2,1-3H3,(H,29,31)/t22-/m1/s1. The van der Waals surface area contributed by atoms with Crippen molar-refractivity contribution in [1.29, 1.82) is 0 Å². The smallest absolute Gasteiger partial charge is 0.257 e. The van der Waals surface area contributed by atoms with Crippen molar-refractivity contribution in [2.24, 2.45) is 0 Å². The molecule has 1 amide bonds. The van der Waals surface area contributed by atoms with Crippen molar-refractivity contribution in [2.75, 3.05) is 40.5 Å². The van der Waals surface area contributed by atoms with E-state index in [1.54, 1.807) is 20.3 Å². The highest BCUT2D eigenvalue weighted by molar-refractivity contribution is 5.94. The summed E-state index contributed by atoms with van der Waals surface area (Å²) >= 11 is 0. The molecule has 0 saturated carbocycles. The van der Waals surface area contributed by atoms with E-state index in [0.29, 0.717) is 36.5 Å². The van der Waals surface area contributed by atoms with E-state index in [1.165, 1.54) is 11.8 Å². The van der Waals surface area contributed by atoms with Crippen molar-refractivity contribution in [2.45, 2.75) is 57.7 Å². The molecule has 0 spiro atoms. The Balaban J connectivity index is 1.32. The number of piperidine rings is 1. The Morgan fingerprint density at radius 3 is 2.80 bits per heavy atom. The summed E-state index contributed by atoms with van der Waals surface area (Å²) < 4.78 is 22.6. The number of nitrogens with zero attached hydrogens (tertiary/aromatic N) is 2. The highest BCUT2D eigenvalue weighted by Crippen LogP contribution is 2.28. The zero-order chi connectivity index (χ0) is 24.6. The number of nitrogens with one attached hydrogen (secondary N) is 1. The fourth-order valence-electron chi connectivity index (χ4n) is 4.56. The number of carbonyl (C=O) groups excluding carboxylic acids is 1. The number of methoxy groups -OCH3 is 2. The maximum atomic E-state index is 12.9. The van der Waals surface area contributed by atoms with Crippen molar-refractivity contribution in [3.05, 3.63) is 47.2 Å². The molecule has 0 bridgehead atoms. The molecule has 1 saturated heterocycles. The minimum Gasteiger partial charge on any atom is -0.491 e. The molecule has 1 aromatic carbocycles. The third kappa shape index (κ3) is 6.64. The molecule has 3 heterocycles. The second kappa shape index (κ2) is 12.2. The first-order valence-electron chi connectivity index (χ1n) is 12.6. The zero-order valence-electron chi connectivity index (χ0n) is 21.0. The van der Waals surface area contributed by atoms with Gasteiger partial charge in [-0.15, -0.1) is 0 Å². The molecule has 8 heteroatoms. The first-order valence-corrected chi connectivity index (χ1v) is 12.6. The van der Waals surface area contributed by atoms with E-state index in [0.717, 1.165) is 63.1 Å². The van der Waals surface area contributed by atoms with Gasteiger partial charge in [-0.1, -0.05) is 25.5 Å². The fourth-order valence-corrected chi connectivity index (χ4v) is 4.56. The van der Waals surface area contributed by atoms with Gasteiger partial charge in [0.2, 0.25) is 0 Å². The van der Waals surface area contributed by atoms with Gasteiger partial charge < -0.3 is 24.3 Å². The lowest BCUT2D eigenvalue weighted by Crippen LogP contribution is -2.42. The minimum absolute atomic E-state index is 0.111. The number of hydrogen-bond acceptors (Lipinski definition) is 7. The number of likely N-dealkylation sites (tertiary alicyclic amines) is 1. The van der Waals surface area contributed by atoms with E-state index < -0.39 is 0 Å². The first kappa shape index (κ1) is 25.3. The molecule has 1 aromatic heterocycles. The van der Waals surface area contributed by atoms with Crippen LogP contribution in [0.5, 0.6) is 17.4 Å². The first-order chi connectivity index (χ1) is 17.1. The molecule has 2 aliphatic rings. The van der Waals surface area contributed by atoms with Crippen LogP contribution in [-0.4, -0.2) is 68.5 Å². The molecule has 35 heavy (non-hydrogen) atoms. The number of ether oxygens (including phenoxy) is 4. The normalized spacial score (nSPS) is 18.4. The van der Waals surface area contributed by atoms with Crippen LogP contribution in [0.2, 0.25) is 0 Å². The van der Waals surface area contributed by atoms with Crippen LogP contribution in [0.25, 0.3) is 0 Å². The number of amides is 1. The Morgan fingerprint density at radius 1 is 1.23 bits per heavy atom. The molecule has 1 N–H and O–H groups in total. The van der Waals surface area contributed by atoms with Gasteiger partial charge in [-0.25, -0.2) is 4.98 Å². The Kier molecular flexibility index (Phi) is 8.82. The monoisotopic (exact) mass is 483 g/mol. The maximum Gasteiger partial charge on any atom is 0.257 e. The Morgan fingerprint density at radius 2 is 2.06 bits per heavy atom. The third-order valence-corrected chi connectivity index (χ3v) is 6.68. The number of unbranched alkanes of at least 4 members (excludes halogenated alkanes) is 1. The number of benzene rings is 1. The van der Waals surface area contributed by atoms with Crippen LogP contribution in [0.15, 0.2) is 30.5 Å². The summed E-state index contributed by atoms with van der Waals surface area (Å²) in [6, 6.07) is 7.99. The maximum absolute atomic E-state index is 12.9. The second-order valence-electron chi connectivity index (χ2n) is 9.27. The van der Waals surface area contributed by atoms with Crippen molar-refractivity contribution in [1.82, 2.24) is 15.2 Å². The summed E-state index contributed by atoms with van der Waals surface area (Å²) in [6.07, 6.45) is 6.76. The number of pyridine rings is 1. The topological polar surface area (TPSA) is 82.2 Å². The molecule has 1 fully saturated rings. The average Bonchev–Trinajstić information content (AvgIpc) is 2.89. The van der Waals surface area contributed by atoms with E-state index in [-0.39, 0.29) is 11.9 Å². The van der Waals surface area contributed by atoms with Crippen LogP contribution < -0.4 is 19.5 Å². The molecule has 0 unspecified atom stereocenters. The summed E-state index contributed by atoms with van der Waals surface area (Å²) in [7, 11) is 3.35. The van der Waals surface area contributed by atoms with Gasteiger partial charge >= 0.3 is 0 Å². The molecule has 0 aliphatic carbocycles. The van der Waals surface area contributed by atoms with Gasteiger partial charge in [0, 0.05) is 39.0 Å². The molecule has 2 aromatic rings. The summed E-state index contributed by atoms with van der Waals surface area (Å²) in [5.41, 5.74) is 2.79. The molecule has 190 valence electrons. The van der Waals surface area contributed by atoms with Gasteiger partial charge in [0.05, 0.1) is 31.4 Å². The quantitative estimate of drug-likeness (QED) is 0.517. The molecule has 8 nitrogen and oxygen atoms in total. The van der Waals surface area contributed by atoms with Crippen LogP contribution in [0.1, 0.15) is 54.1 Å². The van der Waals surface area contributed by atoms with Gasteiger partial charge in [0.1, 0.15) is 12.4 Å². The lowest BCUT2D eigenvalue weighted by atomic mass is 9.99. The SMILES string of the molecule is CCCCOc1ncc(C(=O)N[C@H]2COc3cc(CN4CCC(OC)CC4)ccc3C2)cc1OC. The highest BCUT2D eigenvalue weighted by atomic mass is 16.5. The Bertz CT molecular complexity index is 991. The van der Waals surface area contributed by atoms with E-state index in [2.05, 4.69) is 40.3 Å². The lowest BCUT2D eigenvalue weighted by molar-refractivity contribution is 0.0388. The molecule has 0 radical (unpaired) electrons. The van der Waals surface area contributed by atoms with Gasteiger partial charge in [0.15, 0.2) is 5.75 Å². The van der Waals surface area contributed by atoms with Crippen LogP contribution >= 0.6 is 0 Å². The predicted octanol–water partition coefficient (Wildman–Crippen LogP) is 3.61. The summed E-state index contributed by atoms with van der Waals surface area (Å²) in [5.74, 6) is 1.57. The van der Waals surface area contributed by atoms with Crippen LogP contribution in [0, 0.1) is 0 Å².